The highest BCUT2D eigenvalue weighted by atomic mass is 15.0. The second-order valence-corrected chi connectivity index (χ2v) is 4.94. The average molecular weight is 263 g/mol. The van der Waals surface area contributed by atoms with E-state index in [1.165, 1.54) is 10.9 Å². The number of hydrogen-bond acceptors (Lipinski definition) is 3. The van der Waals surface area contributed by atoms with Crippen molar-refractivity contribution in [3.8, 4) is 0 Å². The van der Waals surface area contributed by atoms with E-state index in [-0.39, 0.29) is 0 Å². The van der Waals surface area contributed by atoms with Gasteiger partial charge in [0.2, 0.25) is 0 Å². The summed E-state index contributed by atoms with van der Waals surface area (Å²) < 4.78 is 0. The first-order chi connectivity index (χ1) is 9.72. The Kier molecular flexibility index (Phi) is 3.25. The molecule has 1 aromatic heterocycles. The third kappa shape index (κ3) is 2.57. The number of nitrogens with zero attached hydrogens (tertiary/aromatic N) is 1. The maximum Gasteiger partial charge on any atom is 0.129 e. The minimum absolute atomic E-state index is 0.743. The Bertz CT molecular complexity index is 733. The lowest BCUT2D eigenvalue weighted by molar-refractivity contribution is 1.11. The first-order valence-corrected chi connectivity index (χ1v) is 6.67. The molecule has 0 aliphatic heterocycles. The fourth-order valence-corrected chi connectivity index (χ4v) is 2.22. The molecule has 0 saturated heterocycles. The van der Waals surface area contributed by atoms with Crippen LogP contribution >= 0.6 is 0 Å². The summed E-state index contributed by atoms with van der Waals surface area (Å²) in [6, 6.07) is 18.2. The molecule has 20 heavy (non-hydrogen) atoms. The highest BCUT2D eigenvalue weighted by Gasteiger charge is 2.03. The number of nitrogens with one attached hydrogen (secondary N) is 1. The van der Waals surface area contributed by atoms with Crippen LogP contribution in [0, 0.1) is 6.92 Å². The molecule has 0 fully saturated rings. The molecular formula is C17H17N3. The van der Waals surface area contributed by atoms with E-state index in [1.54, 1.807) is 0 Å². The van der Waals surface area contributed by atoms with E-state index in [9.17, 15) is 0 Å². The molecule has 1 heterocycles. The molecule has 100 valence electrons. The fraction of sp³-hybridized carbons (Fsp3) is 0.118. The van der Waals surface area contributed by atoms with Crippen molar-refractivity contribution in [3.05, 3.63) is 65.7 Å². The zero-order chi connectivity index (χ0) is 13.9. The molecule has 3 heteroatoms. The molecule has 0 atom stereocenters. The summed E-state index contributed by atoms with van der Waals surface area (Å²) in [7, 11) is 0. The van der Waals surface area contributed by atoms with Gasteiger partial charge in [0.15, 0.2) is 0 Å². The van der Waals surface area contributed by atoms with Gasteiger partial charge in [-0.05, 0) is 42.3 Å². The number of nitrogens with two attached hydrogens (primary N) is 1. The van der Waals surface area contributed by atoms with Crippen LogP contribution in [0.25, 0.3) is 10.9 Å². The first kappa shape index (κ1) is 12.5. The van der Waals surface area contributed by atoms with Crippen LogP contribution in [0.15, 0.2) is 54.6 Å². The van der Waals surface area contributed by atoms with Crippen molar-refractivity contribution < 1.29 is 0 Å². The number of pyridine rings is 1. The van der Waals surface area contributed by atoms with Gasteiger partial charge in [0.1, 0.15) is 5.82 Å². The number of rotatable bonds is 3. The largest absolute Gasteiger partial charge is 0.399 e. The molecule has 0 spiro atoms. The number of aromatic nitrogens is 1. The van der Waals surface area contributed by atoms with E-state index < -0.39 is 0 Å². The standard InChI is InChI=1S/C17H17N3/c1-12-10-14-4-2-3-5-16(14)20-17(12)19-11-13-6-8-15(18)9-7-13/h2-10H,11,18H2,1H3,(H,19,20). The van der Waals surface area contributed by atoms with E-state index in [0.29, 0.717) is 0 Å². The summed E-state index contributed by atoms with van der Waals surface area (Å²) in [5.74, 6) is 0.931. The quantitative estimate of drug-likeness (QED) is 0.708. The van der Waals surface area contributed by atoms with Gasteiger partial charge < -0.3 is 11.1 Å². The van der Waals surface area contributed by atoms with Gasteiger partial charge in [0, 0.05) is 17.6 Å². The van der Waals surface area contributed by atoms with E-state index in [0.717, 1.165) is 29.1 Å². The minimum atomic E-state index is 0.743. The van der Waals surface area contributed by atoms with Crippen LogP contribution in [0.5, 0.6) is 0 Å². The van der Waals surface area contributed by atoms with Crippen LogP contribution < -0.4 is 11.1 Å². The van der Waals surface area contributed by atoms with Gasteiger partial charge in [-0.3, -0.25) is 0 Å². The van der Waals surface area contributed by atoms with Crippen molar-refractivity contribution in [1.29, 1.82) is 0 Å². The van der Waals surface area contributed by atoms with E-state index in [2.05, 4.69) is 29.4 Å². The highest BCUT2D eigenvalue weighted by molar-refractivity contribution is 5.81. The summed E-state index contributed by atoms with van der Waals surface area (Å²) in [6.45, 7) is 2.82. The molecule has 0 radical (unpaired) electrons. The number of benzene rings is 2. The molecule has 3 rings (SSSR count). The molecule has 0 unspecified atom stereocenters. The highest BCUT2D eigenvalue weighted by Crippen LogP contribution is 2.20. The lowest BCUT2D eigenvalue weighted by atomic mass is 10.1. The third-order valence-electron chi connectivity index (χ3n) is 3.35. The monoisotopic (exact) mass is 263 g/mol. The second-order valence-electron chi connectivity index (χ2n) is 4.94. The average Bonchev–Trinajstić information content (AvgIpc) is 2.47. The smallest absolute Gasteiger partial charge is 0.129 e. The van der Waals surface area contributed by atoms with Gasteiger partial charge in [-0.2, -0.15) is 0 Å². The van der Waals surface area contributed by atoms with Gasteiger partial charge in [0.25, 0.3) is 0 Å². The van der Waals surface area contributed by atoms with Crippen molar-refractivity contribution in [2.45, 2.75) is 13.5 Å². The van der Waals surface area contributed by atoms with E-state index >= 15 is 0 Å². The zero-order valence-corrected chi connectivity index (χ0v) is 11.4. The number of anilines is 2. The van der Waals surface area contributed by atoms with Gasteiger partial charge in [-0.1, -0.05) is 30.3 Å². The summed E-state index contributed by atoms with van der Waals surface area (Å²) in [5, 5.41) is 4.56. The van der Waals surface area contributed by atoms with Crippen LogP contribution in [0.3, 0.4) is 0 Å². The molecule has 0 bridgehead atoms. The van der Waals surface area contributed by atoms with Crippen molar-refractivity contribution in [3.63, 3.8) is 0 Å². The van der Waals surface area contributed by atoms with Gasteiger partial charge >= 0.3 is 0 Å². The molecule has 3 aromatic rings. The van der Waals surface area contributed by atoms with Gasteiger partial charge in [0.05, 0.1) is 5.52 Å². The Balaban J connectivity index is 1.83. The van der Waals surface area contributed by atoms with Gasteiger partial charge in [-0.15, -0.1) is 0 Å². The van der Waals surface area contributed by atoms with Crippen molar-refractivity contribution in [1.82, 2.24) is 4.98 Å². The summed E-state index contributed by atoms with van der Waals surface area (Å²) >= 11 is 0. The Hall–Kier alpha value is -2.55. The van der Waals surface area contributed by atoms with Crippen LogP contribution in [-0.2, 0) is 6.54 Å². The number of nitrogen functional groups attached to an aromatic ring is 1. The predicted octanol–water partition coefficient (Wildman–Crippen LogP) is 3.74. The van der Waals surface area contributed by atoms with Crippen molar-refractivity contribution in [2.75, 3.05) is 11.1 Å². The summed E-state index contributed by atoms with van der Waals surface area (Å²) in [5.41, 5.74) is 9.83. The van der Waals surface area contributed by atoms with Crippen LogP contribution in [0.1, 0.15) is 11.1 Å². The molecule has 3 nitrogen and oxygen atoms in total. The lowest BCUT2D eigenvalue weighted by Gasteiger charge is -2.10. The van der Waals surface area contributed by atoms with Gasteiger partial charge in [-0.25, -0.2) is 4.98 Å². The predicted molar refractivity (Wildman–Crippen MR) is 84.7 cm³/mol. The van der Waals surface area contributed by atoms with Crippen LogP contribution in [0.4, 0.5) is 11.5 Å². The summed E-state index contributed by atoms with van der Waals surface area (Å²) in [6.07, 6.45) is 0. The third-order valence-corrected chi connectivity index (χ3v) is 3.35. The van der Waals surface area contributed by atoms with Crippen LogP contribution in [0.2, 0.25) is 0 Å². The van der Waals surface area contributed by atoms with Crippen molar-refractivity contribution in [2.24, 2.45) is 0 Å². The molecule has 3 N–H and O–H groups in total. The molecular weight excluding hydrogens is 246 g/mol. The molecule has 0 saturated carbocycles. The van der Waals surface area contributed by atoms with Crippen LogP contribution in [-0.4, -0.2) is 4.98 Å². The van der Waals surface area contributed by atoms with E-state index in [1.807, 2.05) is 42.5 Å². The topological polar surface area (TPSA) is 50.9 Å². The fourth-order valence-electron chi connectivity index (χ4n) is 2.22. The Morgan fingerprint density at radius 1 is 1.05 bits per heavy atom. The lowest BCUT2D eigenvalue weighted by Crippen LogP contribution is -2.03. The first-order valence-electron chi connectivity index (χ1n) is 6.67. The molecule has 2 aromatic carbocycles. The Morgan fingerprint density at radius 3 is 2.60 bits per heavy atom. The Morgan fingerprint density at radius 2 is 1.80 bits per heavy atom. The summed E-state index contributed by atoms with van der Waals surface area (Å²) in [4.78, 5) is 4.67. The second kappa shape index (κ2) is 5.21. The van der Waals surface area contributed by atoms with E-state index in [4.69, 9.17) is 5.73 Å². The molecule has 0 aliphatic carbocycles. The minimum Gasteiger partial charge on any atom is -0.399 e. The zero-order valence-electron chi connectivity index (χ0n) is 11.4. The maximum atomic E-state index is 5.69. The van der Waals surface area contributed by atoms with Crippen molar-refractivity contribution >= 4 is 22.4 Å². The SMILES string of the molecule is Cc1cc2ccccc2nc1NCc1ccc(N)cc1. The number of para-hydroxylation sites is 1. The number of aryl methyl sites for hydroxylation is 1. The maximum absolute atomic E-state index is 5.69. The number of hydrogen-bond donors (Lipinski definition) is 2. The molecule has 0 aliphatic rings. The normalized spacial score (nSPS) is 10.7. The Labute approximate surface area is 118 Å². The molecule has 0 amide bonds. The number of fused-ring (bicyclic) bond motifs is 1.